The molecule has 0 aromatic rings. The van der Waals surface area contributed by atoms with Gasteiger partial charge in [0.2, 0.25) is 0 Å². The molecule has 2 fully saturated rings. The summed E-state index contributed by atoms with van der Waals surface area (Å²) in [5.74, 6) is 1.73. The molecule has 2 unspecified atom stereocenters. The third-order valence-electron chi connectivity index (χ3n) is 4.47. The number of piperazine rings is 1. The number of hydrogen-bond acceptors (Lipinski definition) is 2. The van der Waals surface area contributed by atoms with Crippen molar-refractivity contribution >= 4 is 0 Å². The van der Waals surface area contributed by atoms with Crippen molar-refractivity contribution in [3.05, 3.63) is 0 Å². The van der Waals surface area contributed by atoms with Crippen LogP contribution in [-0.2, 0) is 0 Å². The van der Waals surface area contributed by atoms with Crippen molar-refractivity contribution < 1.29 is 0 Å². The lowest BCUT2D eigenvalue weighted by molar-refractivity contribution is 0.0642. The molecule has 88 valence electrons. The topological polar surface area (TPSA) is 15.3 Å². The van der Waals surface area contributed by atoms with Crippen LogP contribution in [0.2, 0.25) is 0 Å². The molecule has 0 aromatic carbocycles. The molecular formula is C13H26N2. The molecule has 15 heavy (non-hydrogen) atoms. The summed E-state index contributed by atoms with van der Waals surface area (Å²) < 4.78 is 0. The van der Waals surface area contributed by atoms with E-state index in [9.17, 15) is 0 Å². The minimum absolute atomic E-state index is 0.740. The Labute approximate surface area is 94.4 Å². The number of rotatable bonds is 2. The molecule has 1 heterocycles. The molecule has 1 aliphatic carbocycles. The van der Waals surface area contributed by atoms with Crippen LogP contribution in [-0.4, -0.2) is 37.1 Å². The molecular weight excluding hydrogens is 184 g/mol. The van der Waals surface area contributed by atoms with Gasteiger partial charge < -0.3 is 5.32 Å². The molecule has 2 rings (SSSR count). The van der Waals surface area contributed by atoms with Crippen LogP contribution in [0.25, 0.3) is 0 Å². The summed E-state index contributed by atoms with van der Waals surface area (Å²) in [4.78, 5) is 2.66. The maximum atomic E-state index is 3.63. The molecule has 2 heteroatoms. The average molecular weight is 210 g/mol. The van der Waals surface area contributed by atoms with E-state index in [4.69, 9.17) is 0 Å². The second-order valence-corrected chi connectivity index (χ2v) is 5.75. The Morgan fingerprint density at radius 1 is 1.13 bits per heavy atom. The predicted molar refractivity (Wildman–Crippen MR) is 65.0 cm³/mol. The van der Waals surface area contributed by atoms with Crippen molar-refractivity contribution in [2.75, 3.05) is 20.1 Å². The maximum absolute atomic E-state index is 3.63. The molecule has 0 spiro atoms. The second kappa shape index (κ2) is 4.84. The van der Waals surface area contributed by atoms with E-state index in [1.54, 1.807) is 0 Å². The van der Waals surface area contributed by atoms with E-state index in [-0.39, 0.29) is 0 Å². The summed E-state index contributed by atoms with van der Waals surface area (Å²) in [5, 5.41) is 3.63. The van der Waals surface area contributed by atoms with E-state index in [1.165, 1.54) is 38.8 Å². The van der Waals surface area contributed by atoms with Gasteiger partial charge in [-0.3, -0.25) is 4.90 Å². The minimum atomic E-state index is 0.740. The zero-order valence-electron chi connectivity index (χ0n) is 10.5. The molecule has 0 bridgehead atoms. The van der Waals surface area contributed by atoms with Crippen LogP contribution in [0.3, 0.4) is 0 Å². The van der Waals surface area contributed by atoms with Gasteiger partial charge in [-0.1, -0.05) is 26.7 Å². The summed E-state index contributed by atoms with van der Waals surface area (Å²) in [6.07, 6.45) is 5.84. The van der Waals surface area contributed by atoms with E-state index in [2.05, 4.69) is 31.1 Å². The molecule has 2 aliphatic rings. The van der Waals surface area contributed by atoms with E-state index in [0.717, 1.165) is 23.9 Å². The van der Waals surface area contributed by atoms with Crippen molar-refractivity contribution in [3.8, 4) is 0 Å². The van der Waals surface area contributed by atoms with E-state index in [1.807, 2.05) is 0 Å². The van der Waals surface area contributed by atoms with Gasteiger partial charge >= 0.3 is 0 Å². The third-order valence-corrected chi connectivity index (χ3v) is 4.47. The van der Waals surface area contributed by atoms with Gasteiger partial charge in [0.25, 0.3) is 0 Å². The fourth-order valence-electron chi connectivity index (χ4n) is 3.46. The molecule has 1 aliphatic heterocycles. The monoisotopic (exact) mass is 210 g/mol. The van der Waals surface area contributed by atoms with Crippen LogP contribution in [0.5, 0.6) is 0 Å². The largest absolute Gasteiger partial charge is 0.314 e. The number of likely N-dealkylation sites (N-methyl/N-ethyl adjacent to an activating group) is 1. The Bertz CT molecular complexity index is 197. The molecule has 0 radical (unpaired) electrons. The standard InChI is InChI=1S/C13H26N2/c1-10(2)12-8-14-9-13(15(12)3)11-6-4-5-7-11/h10-14H,4-9H2,1-3H3. The molecule has 0 aromatic heterocycles. The average Bonchev–Trinajstić information content (AvgIpc) is 2.70. The van der Waals surface area contributed by atoms with Gasteiger partial charge in [-0.2, -0.15) is 0 Å². The van der Waals surface area contributed by atoms with Crippen molar-refractivity contribution in [1.82, 2.24) is 10.2 Å². The lowest BCUT2D eigenvalue weighted by atomic mass is 9.90. The predicted octanol–water partition coefficient (Wildman–Crippen LogP) is 2.10. The summed E-state index contributed by atoms with van der Waals surface area (Å²) in [6, 6.07) is 1.54. The summed E-state index contributed by atoms with van der Waals surface area (Å²) >= 11 is 0. The van der Waals surface area contributed by atoms with Gasteiger partial charge in [-0.15, -0.1) is 0 Å². The first-order chi connectivity index (χ1) is 7.20. The van der Waals surface area contributed by atoms with Gasteiger partial charge in [0, 0.05) is 25.2 Å². The third kappa shape index (κ3) is 2.36. The minimum Gasteiger partial charge on any atom is -0.314 e. The first-order valence-corrected chi connectivity index (χ1v) is 6.63. The van der Waals surface area contributed by atoms with Crippen LogP contribution in [0.15, 0.2) is 0 Å². The first kappa shape index (κ1) is 11.4. The van der Waals surface area contributed by atoms with Crippen molar-refractivity contribution in [1.29, 1.82) is 0 Å². The Morgan fingerprint density at radius 2 is 1.80 bits per heavy atom. The zero-order chi connectivity index (χ0) is 10.8. The number of hydrogen-bond donors (Lipinski definition) is 1. The van der Waals surface area contributed by atoms with E-state index < -0.39 is 0 Å². The Hall–Kier alpha value is -0.0800. The summed E-state index contributed by atoms with van der Waals surface area (Å²) in [6.45, 7) is 7.08. The van der Waals surface area contributed by atoms with Gasteiger partial charge in [0.05, 0.1) is 0 Å². The highest BCUT2D eigenvalue weighted by Gasteiger charge is 2.35. The molecule has 0 amide bonds. The molecule has 2 atom stereocenters. The van der Waals surface area contributed by atoms with Gasteiger partial charge in [-0.25, -0.2) is 0 Å². The Morgan fingerprint density at radius 3 is 2.40 bits per heavy atom. The van der Waals surface area contributed by atoms with Gasteiger partial charge in [0.15, 0.2) is 0 Å². The van der Waals surface area contributed by atoms with Crippen LogP contribution in [0.4, 0.5) is 0 Å². The lowest BCUT2D eigenvalue weighted by Crippen LogP contribution is -2.59. The van der Waals surface area contributed by atoms with Crippen LogP contribution in [0.1, 0.15) is 39.5 Å². The van der Waals surface area contributed by atoms with Crippen molar-refractivity contribution in [3.63, 3.8) is 0 Å². The van der Waals surface area contributed by atoms with Crippen molar-refractivity contribution in [2.24, 2.45) is 11.8 Å². The highest BCUT2D eigenvalue weighted by molar-refractivity contribution is 4.91. The van der Waals surface area contributed by atoms with Crippen LogP contribution < -0.4 is 5.32 Å². The zero-order valence-corrected chi connectivity index (χ0v) is 10.5. The van der Waals surface area contributed by atoms with E-state index >= 15 is 0 Å². The smallest absolute Gasteiger partial charge is 0.0249 e. The fourth-order valence-corrected chi connectivity index (χ4v) is 3.46. The second-order valence-electron chi connectivity index (χ2n) is 5.75. The highest BCUT2D eigenvalue weighted by Crippen LogP contribution is 2.32. The Kier molecular flexibility index (Phi) is 3.68. The quantitative estimate of drug-likeness (QED) is 0.751. The van der Waals surface area contributed by atoms with Crippen LogP contribution >= 0.6 is 0 Å². The lowest BCUT2D eigenvalue weighted by Gasteiger charge is -2.44. The molecule has 1 saturated carbocycles. The summed E-state index contributed by atoms with van der Waals surface area (Å²) in [5.41, 5.74) is 0. The number of nitrogens with one attached hydrogen (secondary N) is 1. The SMILES string of the molecule is CC(C)C1CNCC(C2CCCC2)N1C. The van der Waals surface area contributed by atoms with E-state index in [0.29, 0.717) is 0 Å². The molecule has 1 saturated heterocycles. The normalized spacial score (nSPS) is 35.2. The number of nitrogens with zero attached hydrogens (tertiary/aromatic N) is 1. The maximum Gasteiger partial charge on any atom is 0.0249 e. The molecule has 1 N–H and O–H groups in total. The van der Waals surface area contributed by atoms with Crippen LogP contribution in [0, 0.1) is 11.8 Å². The first-order valence-electron chi connectivity index (χ1n) is 6.63. The van der Waals surface area contributed by atoms with Gasteiger partial charge in [0.1, 0.15) is 0 Å². The highest BCUT2D eigenvalue weighted by atomic mass is 15.2. The fraction of sp³-hybridized carbons (Fsp3) is 1.00. The molecule has 2 nitrogen and oxygen atoms in total. The Balaban J connectivity index is 1.98. The summed E-state index contributed by atoms with van der Waals surface area (Å²) in [7, 11) is 2.34. The van der Waals surface area contributed by atoms with Gasteiger partial charge in [-0.05, 0) is 31.7 Å². The van der Waals surface area contributed by atoms with Crippen molar-refractivity contribution in [2.45, 2.75) is 51.6 Å².